The van der Waals surface area contributed by atoms with E-state index in [9.17, 15) is 10.1 Å². The maximum Gasteiger partial charge on any atom is 0.324 e. The lowest BCUT2D eigenvalue weighted by Crippen LogP contribution is -1.99. The SMILES string of the molecule is Cn1ccc(NCc2csc([N+](=O)[O-])c2)n1. The lowest BCUT2D eigenvalue weighted by atomic mass is 10.3. The molecule has 2 rings (SSSR count). The van der Waals surface area contributed by atoms with Crippen molar-refractivity contribution in [3.63, 3.8) is 0 Å². The molecule has 0 aliphatic heterocycles. The van der Waals surface area contributed by atoms with Gasteiger partial charge in [0.1, 0.15) is 5.82 Å². The topological polar surface area (TPSA) is 73.0 Å². The molecule has 2 aromatic heterocycles. The van der Waals surface area contributed by atoms with E-state index in [1.165, 1.54) is 0 Å². The van der Waals surface area contributed by atoms with Gasteiger partial charge in [-0.1, -0.05) is 11.3 Å². The van der Waals surface area contributed by atoms with E-state index in [0.29, 0.717) is 6.54 Å². The number of nitrogens with zero attached hydrogens (tertiary/aromatic N) is 3. The zero-order valence-electron chi connectivity index (χ0n) is 8.58. The molecule has 7 heteroatoms. The highest BCUT2D eigenvalue weighted by Gasteiger charge is 2.09. The van der Waals surface area contributed by atoms with Crippen LogP contribution in [0.5, 0.6) is 0 Å². The molecule has 0 amide bonds. The quantitative estimate of drug-likeness (QED) is 0.653. The molecule has 0 saturated heterocycles. The van der Waals surface area contributed by atoms with Crippen LogP contribution >= 0.6 is 11.3 Å². The molecule has 2 aromatic rings. The first kappa shape index (κ1) is 10.6. The molecule has 0 radical (unpaired) electrons. The average Bonchev–Trinajstić information content (AvgIpc) is 2.83. The number of hydrogen-bond donors (Lipinski definition) is 1. The smallest absolute Gasteiger partial charge is 0.324 e. The average molecular weight is 238 g/mol. The number of thiophene rings is 1. The molecular weight excluding hydrogens is 228 g/mol. The molecule has 0 saturated carbocycles. The minimum Gasteiger partial charge on any atom is -0.364 e. The van der Waals surface area contributed by atoms with Gasteiger partial charge in [-0.3, -0.25) is 14.8 Å². The Labute approximate surface area is 95.7 Å². The van der Waals surface area contributed by atoms with Crippen LogP contribution < -0.4 is 5.32 Å². The Kier molecular flexibility index (Phi) is 2.86. The monoisotopic (exact) mass is 238 g/mol. The van der Waals surface area contributed by atoms with Gasteiger partial charge < -0.3 is 5.32 Å². The first-order chi connectivity index (χ1) is 7.65. The van der Waals surface area contributed by atoms with Crippen molar-refractivity contribution in [3.05, 3.63) is 39.4 Å². The Hall–Kier alpha value is -1.89. The van der Waals surface area contributed by atoms with Gasteiger partial charge >= 0.3 is 5.00 Å². The summed E-state index contributed by atoms with van der Waals surface area (Å²) < 4.78 is 1.69. The first-order valence-electron chi connectivity index (χ1n) is 4.60. The summed E-state index contributed by atoms with van der Waals surface area (Å²) in [5.74, 6) is 0.761. The lowest BCUT2D eigenvalue weighted by Gasteiger charge is -1.98. The molecule has 6 nitrogen and oxygen atoms in total. The van der Waals surface area contributed by atoms with Gasteiger partial charge in [-0.15, -0.1) is 0 Å². The Morgan fingerprint density at radius 1 is 1.69 bits per heavy atom. The van der Waals surface area contributed by atoms with Crippen LogP contribution in [0.1, 0.15) is 5.56 Å². The Bertz CT molecular complexity index is 505. The number of anilines is 1. The summed E-state index contributed by atoms with van der Waals surface area (Å²) in [6, 6.07) is 3.42. The Morgan fingerprint density at radius 3 is 3.06 bits per heavy atom. The van der Waals surface area contributed by atoms with Crippen molar-refractivity contribution in [2.45, 2.75) is 6.54 Å². The molecule has 0 unspecified atom stereocenters. The molecule has 0 aromatic carbocycles. The van der Waals surface area contributed by atoms with Crippen molar-refractivity contribution in [1.29, 1.82) is 0 Å². The largest absolute Gasteiger partial charge is 0.364 e. The number of nitro groups is 1. The van der Waals surface area contributed by atoms with Crippen LogP contribution in [0.2, 0.25) is 0 Å². The van der Waals surface area contributed by atoms with Crippen LogP contribution in [0.15, 0.2) is 23.7 Å². The Balaban J connectivity index is 1.97. The number of aryl methyl sites for hydroxylation is 1. The third kappa shape index (κ3) is 2.37. The van der Waals surface area contributed by atoms with Crippen molar-refractivity contribution < 1.29 is 4.92 Å². The number of aromatic nitrogens is 2. The van der Waals surface area contributed by atoms with Crippen molar-refractivity contribution >= 4 is 22.2 Å². The maximum atomic E-state index is 10.5. The molecule has 0 aliphatic rings. The van der Waals surface area contributed by atoms with E-state index < -0.39 is 0 Å². The summed E-state index contributed by atoms with van der Waals surface area (Å²) in [6.45, 7) is 0.543. The molecule has 1 N–H and O–H groups in total. The molecule has 0 bridgehead atoms. The minimum absolute atomic E-state index is 0.165. The van der Waals surface area contributed by atoms with Crippen molar-refractivity contribution in [3.8, 4) is 0 Å². The fraction of sp³-hybridized carbons (Fsp3) is 0.222. The predicted molar refractivity (Wildman–Crippen MR) is 61.5 cm³/mol. The van der Waals surface area contributed by atoms with Crippen LogP contribution in [0, 0.1) is 10.1 Å². The first-order valence-corrected chi connectivity index (χ1v) is 5.48. The van der Waals surface area contributed by atoms with E-state index in [1.807, 2.05) is 19.3 Å². The van der Waals surface area contributed by atoms with Crippen molar-refractivity contribution in [1.82, 2.24) is 9.78 Å². The van der Waals surface area contributed by atoms with Crippen LogP contribution in [0.25, 0.3) is 0 Å². The standard InChI is InChI=1S/C9H10N4O2S/c1-12-3-2-8(11-12)10-5-7-4-9(13(14)15)16-6-7/h2-4,6H,5H2,1H3,(H,10,11). The zero-order chi connectivity index (χ0) is 11.5. The van der Waals surface area contributed by atoms with E-state index in [2.05, 4.69) is 10.4 Å². The van der Waals surface area contributed by atoms with Gasteiger partial charge in [0, 0.05) is 37.3 Å². The van der Waals surface area contributed by atoms with Gasteiger partial charge in [0.25, 0.3) is 0 Å². The molecule has 0 spiro atoms. The highest BCUT2D eigenvalue weighted by molar-refractivity contribution is 7.13. The third-order valence-electron chi connectivity index (χ3n) is 2.01. The van der Waals surface area contributed by atoms with Gasteiger partial charge in [-0.05, 0) is 5.56 Å². The second kappa shape index (κ2) is 4.31. The highest BCUT2D eigenvalue weighted by Crippen LogP contribution is 2.22. The van der Waals surface area contributed by atoms with Crippen LogP contribution in [-0.4, -0.2) is 14.7 Å². The third-order valence-corrected chi connectivity index (χ3v) is 2.94. The summed E-state index contributed by atoms with van der Waals surface area (Å²) in [6.07, 6.45) is 1.83. The van der Waals surface area contributed by atoms with Gasteiger partial charge in [0.15, 0.2) is 0 Å². The predicted octanol–water partition coefficient (Wildman–Crippen LogP) is 2.00. The lowest BCUT2D eigenvalue weighted by molar-refractivity contribution is -0.380. The van der Waals surface area contributed by atoms with Gasteiger partial charge in [0.05, 0.1) is 4.92 Å². The molecule has 0 aliphatic carbocycles. The Morgan fingerprint density at radius 2 is 2.50 bits per heavy atom. The fourth-order valence-electron chi connectivity index (χ4n) is 1.25. The fourth-order valence-corrected chi connectivity index (χ4v) is 1.98. The number of nitrogens with one attached hydrogen (secondary N) is 1. The molecule has 0 atom stereocenters. The van der Waals surface area contributed by atoms with Gasteiger partial charge in [-0.2, -0.15) is 5.10 Å². The van der Waals surface area contributed by atoms with E-state index in [4.69, 9.17) is 0 Å². The summed E-state index contributed by atoms with van der Waals surface area (Å²) in [5.41, 5.74) is 0.891. The minimum atomic E-state index is -0.380. The van der Waals surface area contributed by atoms with E-state index in [1.54, 1.807) is 16.1 Å². The van der Waals surface area contributed by atoms with Gasteiger partial charge in [-0.25, -0.2) is 0 Å². The summed E-state index contributed by atoms with van der Waals surface area (Å²) in [7, 11) is 1.83. The second-order valence-electron chi connectivity index (χ2n) is 3.28. The summed E-state index contributed by atoms with van der Waals surface area (Å²) in [5, 5.41) is 19.6. The summed E-state index contributed by atoms with van der Waals surface area (Å²) in [4.78, 5) is 10.1. The van der Waals surface area contributed by atoms with E-state index in [0.717, 1.165) is 22.7 Å². The van der Waals surface area contributed by atoms with E-state index in [-0.39, 0.29) is 9.92 Å². The zero-order valence-corrected chi connectivity index (χ0v) is 9.40. The maximum absolute atomic E-state index is 10.5. The van der Waals surface area contributed by atoms with Crippen LogP contribution in [0.3, 0.4) is 0 Å². The highest BCUT2D eigenvalue weighted by atomic mass is 32.1. The van der Waals surface area contributed by atoms with Crippen LogP contribution in [0.4, 0.5) is 10.8 Å². The van der Waals surface area contributed by atoms with Crippen molar-refractivity contribution in [2.75, 3.05) is 5.32 Å². The molecule has 84 valence electrons. The molecule has 0 fully saturated rings. The normalized spacial score (nSPS) is 10.3. The summed E-state index contributed by atoms with van der Waals surface area (Å²) >= 11 is 1.13. The van der Waals surface area contributed by atoms with Crippen molar-refractivity contribution in [2.24, 2.45) is 7.05 Å². The molecule has 2 heterocycles. The molecule has 16 heavy (non-hydrogen) atoms. The van der Waals surface area contributed by atoms with E-state index >= 15 is 0 Å². The second-order valence-corrected chi connectivity index (χ2v) is 4.17. The number of rotatable bonds is 4. The van der Waals surface area contributed by atoms with Crippen LogP contribution in [-0.2, 0) is 13.6 Å². The molecular formula is C9H10N4O2S. The number of hydrogen-bond acceptors (Lipinski definition) is 5. The van der Waals surface area contributed by atoms with Gasteiger partial charge in [0.2, 0.25) is 0 Å².